The molecule has 0 aliphatic carbocycles. The van der Waals surface area contributed by atoms with Gasteiger partial charge in [-0.25, -0.2) is 0 Å². The first-order chi connectivity index (χ1) is 15.4. The summed E-state index contributed by atoms with van der Waals surface area (Å²) in [5.41, 5.74) is 2.34. The fourth-order valence-corrected chi connectivity index (χ4v) is 3.83. The highest BCUT2D eigenvalue weighted by molar-refractivity contribution is 5.69. The van der Waals surface area contributed by atoms with Crippen LogP contribution in [0.3, 0.4) is 0 Å². The van der Waals surface area contributed by atoms with E-state index in [1.54, 1.807) is 0 Å². The van der Waals surface area contributed by atoms with Crippen molar-refractivity contribution in [1.82, 2.24) is 4.98 Å². The Balaban J connectivity index is 1.41. The van der Waals surface area contributed by atoms with E-state index in [2.05, 4.69) is 48.3 Å². The molecule has 0 N–H and O–H groups in total. The average Bonchev–Trinajstić information content (AvgIpc) is 2.81. The van der Waals surface area contributed by atoms with Gasteiger partial charge in [0.25, 0.3) is 0 Å². The lowest BCUT2D eigenvalue weighted by molar-refractivity contribution is 0.304. The Morgan fingerprint density at radius 2 is 1.03 bits per heavy atom. The maximum Gasteiger partial charge on any atom is 0.119 e. The van der Waals surface area contributed by atoms with Crippen LogP contribution in [0.15, 0.2) is 48.8 Å². The van der Waals surface area contributed by atoms with Crippen molar-refractivity contribution >= 4 is 12.2 Å². The third-order valence-corrected chi connectivity index (χ3v) is 5.82. The second kappa shape index (κ2) is 17.6. The Labute approximate surface area is 191 Å². The van der Waals surface area contributed by atoms with Crippen LogP contribution in [-0.2, 0) is 0 Å². The summed E-state index contributed by atoms with van der Waals surface area (Å²) >= 11 is 0. The van der Waals surface area contributed by atoms with Gasteiger partial charge in [-0.05, 0) is 41.8 Å². The first-order valence-corrected chi connectivity index (χ1v) is 12.7. The van der Waals surface area contributed by atoms with E-state index in [1.165, 1.54) is 89.0 Å². The number of unbranched alkanes of at least 4 members (excludes halogenated alkanes) is 13. The highest BCUT2D eigenvalue weighted by Crippen LogP contribution is 2.16. The van der Waals surface area contributed by atoms with Crippen LogP contribution in [0, 0.1) is 0 Å². The lowest BCUT2D eigenvalue weighted by Gasteiger charge is -2.07. The van der Waals surface area contributed by atoms with Gasteiger partial charge in [0.2, 0.25) is 0 Å². The molecule has 0 unspecified atom stereocenters. The molecule has 0 saturated heterocycles. The minimum atomic E-state index is 0.824. The standard InChI is InChI=1S/C29H43NO/c1-2-3-4-5-6-7-8-9-10-11-12-13-14-15-26-31-29-20-18-27(19-21-29)16-17-28-22-24-30-25-23-28/h16-25H,2-15,26H2,1H3. The van der Waals surface area contributed by atoms with Gasteiger partial charge in [0.15, 0.2) is 0 Å². The maximum absolute atomic E-state index is 5.90. The molecular formula is C29H43NO. The van der Waals surface area contributed by atoms with Crippen molar-refractivity contribution in [3.8, 4) is 5.75 Å². The zero-order valence-electron chi connectivity index (χ0n) is 19.7. The summed E-state index contributed by atoms with van der Waals surface area (Å²) in [7, 11) is 0. The van der Waals surface area contributed by atoms with E-state index >= 15 is 0 Å². The smallest absolute Gasteiger partial charge is 0.119 e. The van der Waals surface area contributed by atoms with E-state index in [0.717, 1.165) is 24.3 Å². The molecule has 31 heavy (non-hydrogen) atoms. The molecular weight excluding hydrogens is 378 g/mol. The van der Waals surface area contributed by atoms with Crippen LogP contribution in [0.5, 0.6) is 5.75 Å². The SMILES string of the molecule is CCCCCCCCCCCCCCCCOc1ccc(C=Cc2ccncc2)cc1. The van der Waals surface area contributed by atoms with E-state index in [0.29, 0.717) is 0 Å². The zero-order chi connectivity index (χ0) is 21.8. The van der Waals surface area contributed by atoms with Gasteiger partial charge >= 0.3 is 0 Å². The number of ether oxygens (including phenoxy) is 1. The number of pyridine rings is 1. The minimum absolute atomic E-state index is 0.824. The Hall–Kier alpha value is -2.09. The van der Waals surface area contributed by atoms with Crippen LogP contribution < -0.4 is 4.74 Å². The molecule has 2 aromatic rings. The molecule has 170 valence electrons. The molecule has 0 aliphatic heterocycles. The van der Waals surface area contributed by atoms with Crippen LogP contribution >= 0.6 is 0 Å². The van der Waals surface area contributed by atoms with Crippen molar-refractivity contribution in [1.29, 1.82) is 0 Å². The van der Waals surface area contributed by atoms with E-state index in [9.17, 15) is 0 Å². The molecule has 2 rings (SSSR count). The monoisotopic (exact) mass is 421 g/mol. The number of rotatable bonds is 18. The quantitative estimate of drug-likeness (QED) is 0.224. The molecule has 0 aliphatic rings. The Morgan fingerprint density at radius 3 is 1.55 bits per heavy atom. The Bertz CT molecular complexity index is 678. The molecule has 0 fully saturated rings. The predicted molar refractivity (Wildman–Crippen MR) is 135 cm³/mol. The number of hydrogen-bond donors (Lipinski definition) is 0. The van der Waals surface area contributed by atoms with Crippen molar-refractivity contribution in [2.75, 3.05) is 6.61 Å². The van der Waals surface area contributed by atoms with Crippen molar-refractivity contribution in [3.05, 3.63) is 59.9 Å². The number of benzene rings is 1. The summed E-state index contributed by atoms with van der Waals surface area (Å²) in [6.07, 6.45) is 27.3. The topological polar surface area (TPSA) is 22.1 Å². The van der Waals surface area contributed by atoms with Crippen LogP contribution in [0.1, 0.15) is 108 Å². The van der Waals surface area contributed by atoms with Crippen molar-refractivity contribution in [3.63, 3.8) is 0 Å². The van der Waals surface area contributed by atoms with Gasteiger partial charge in [-0.3, -0.25) is 4.98 Å². The average molecular weight is 422 g/mol. The lowest BCUT2D eigenvalue weighted by atomic mass is 10.0. The van der Waals surface area contributed by atoms with Gasteiger partial charge in [0.1, 0.15) is 5.75 Å². The van der Waals surface area contributed by atoms with Gasteiger partial charge in [-0.2, -0.15) is 0 Å². The first-order valence-electron chi connectivity index (χ1n) is 12.7. The fourth-order valence-electron chi connectivity index (χ4n) is 3.83. The zero-order valence-corrected chi connectivity index (χ0v) is 19.7. The normalized spacial score (nSPS) is 11.3. The first kappa shape index (κ1) is 25.2. The second-order valence-corrected chi connectivity index (χ2v) is 8.63. The fraction of sp³-hybridized carbons (Fsp3) is 0.552. The van der Waals surface area contributed by atoms with Crippen LogP contribution in [-0.4, -0.2) is 11.6 Å². The van der Waals surface area contributed by atoms with Crippen LogP contribution in [0.4, 0.5) is 0 Å². The summed E-state index contributed by atoms with van der Waals surface area (Å²) in [5, 5.41) is 0. The molecule has 1 aromatic carbocycles. The molecule has 0 radical (unpaired) electrons. The van der Waals surface area contributed by atoms with E-state index in [4.69, 9.17) is 4.74 Å². The molecule has 1 aromatic heterocycles. The summed E-state index contributed by atoms with van der Waals surface area (Å²) in [5.74, 6) is 0.968. The van der Waals surface area contributed by atoms with Crippen molar-refractivity contribution in [2.24, 2.45) is 0 Å². The predicted octanol–water partition coefficient (Wildman–Crippen LogP) is 9.11. The van der Waals surface area contributed by atoms with Gasteiger partial charge < -0.3 is 4.74 Å². The van der Waals surface area contributed by atoms with Crippen LogP contribution in [0.25, 0.3) is 12.2 Å². The molecule has 0 atom stereocenters. The van der Waals surface area contributed by atoms with Gasteiger partial charge in [0.05, 0.1) is 6.61 Å². The van der Waals surface area contributed by atoms with Crippen molar-refractivity contribution < 1.29 is 4.74 Å². The second-order valence-electron chi connectivity index (χ2n) is 8.63. The van der Waals surface area contributed by atoms with Crippen LogP contribution in [0.2, 0.25) is 0 Å². The molecule has 2 heteroatoms. The number of hydrogen-bond acceptors (Lipinski definition) is 2. The van der Waals surface area contributed by atoms with E-state index in [-0.39, 0.29) is 0 Å². The highest BCUT2D eigenvalue weighted by Gasteiger charge is 1.96. The summed E-state index contributed by atoms with van der Waals surface area (Å²) in [6.45, 7) is 3.11. The Kier molecular flexibility index (Phi) is 14.3. The minimum Gasteiger partial charge on any atom is -0.494 e. The molecule has 0 bridgehead atoms. The largest absolute Gasteiger partial charge is 0.494 e. The van der Waals surface area contributed by atoms with Gasteiger partial charge in [0, 0.05) is 12.4 Å². The maximum atomic E-state index is 5.90. The van der Waals surface area contributed by atoms with Crippen molar-refractivity contribution in [2.45, 2.75) is 96.8 Å². The number of nitrogens with zero attached hydrogens (tertiary/aromatic N) is 1. The molecule has 0 saturated carbocycles. The van der Waals surface area contributed by atoms with E-state index < -0.39 is 0 Å². The van der Waals surface area contributed by atoms with Gasteiger partial charge in [-0.15, -0.1) is 0 Å². The molecule has 0 spiro atoms. The molecule has 1 heterocycles. The van der Waals surface area contributed by atoms with E-state index in [1.807, 2.05) is 24.5 Å². The lowest BCUT2D eigenvalue weighted by Crippen LogP contribution is -1.97. The summed E-state index contributed by atoms with van der Waals surface area (Å²) in [4.78, 5) is 4.04. The summed E-state index contributed by atoms with van der Waals surface area (Å²) < 4.78 is 5.90. The molecule has 2 nitrogen and oxygen atoms in total. The molecule has 0 amide bonds. The number of aromatic nitrogens is 1. The van der Waals surface area contributed by atoms with Gasteiger partial charge in [-0.1, -0.05) is 115 Å². The third kappa shape index (κ3) is 13.0. The third-order valence-electron chi connectivity index (χ3n) is 5.82. The Morgan fingerprint density at radius 1 is 0.581 bits per heavy atom. The highest BCUT2D eigenvalue weighted by atomic mass is 16.5. The summed E-state index contributed by atoms with van der Waals surface area (Å²) in [6, 6.07) is 12.4.